The fourth-order valence-corrected chi connectivity index (χ4v) is 1.74. The van der Waals surface area contributed by atoms with Crippen molar-refractivity contribution in [2.24, 2.45) is 0 Å². The summed E-state index contributed by atoms with van der Waals surface area (Å²) in [6, 6.07) is 5.36. The molecule has 1 atom stereocenters. The summed E-state index contributed by atoms with van der Waals surface area (Å²) in [7, 11) is 0. The zero-order valence-electron chi connectivity index (χ0n) is 9.96. The van der Waals surface area contributed by atoms with Crippen molar-refractivity contribution in [3.63, 3.8) is 0 Å². The minimum absolute atomic E-state index is 0.227. The number of benzene rings is 1. The molecule has 18 heavy (non-hydrogen) atoms. The fourth-order valence-electron chi connectivity index (χ4n) is 1.74. The lowest BCUT2D eigenvalue weighted by atomic mass is 10.1. The lowest BCUT2D eigenvalue weighted by molar-refractivity contribution is -0.135. The lowest BCUT2D eigenvalue weighted by Gasteiger charge is -2.16. The van der Waals surface area contributed by atoms with E-state index in [0.717, 1.165) is 5.56 Å². The Morgan fingerprint density at radius 1 is 1.39 bits per heavy atom. The average Bonchev–Trinajstić information content (AvgIpc) is 2.38. The summed E-state index contributed by atoms with van der Waals surface area (Å²) in [5, 5.41) is 17.8. The summed E-state index contributed by atoms with van der Waals surface area (Å²) in [6.07, 6.45) is 0.696. The summed E-state index contributed by atoms with van der Waals surface area (Å²) in [5.41, 5.74) is 0.998. The highest BCUT2D eigenvalue weighted by molar-refractivity contribution is 5.75. The Kier molecular flexibility index (Phi) is 4.17. The van der Waals surface area contributed by atoms with Crippen LogP contribution in [0.4, 0.5) is 0 Å². The van der Waals surface area contributed by atoms with E-state index in [1.165, 1.54) is 0 Å². The molecule has 0 aromatic heterocycles. The molecule has 1 heterocycles. The SMILES string of the molecule is O=C1CCc2ccc(OCCC(O)CO)cc2O1. The number of carbonyl (C=O) groups is 1. The van der Waals surface area contributed by atoms with Gasteiger partial charge in [-0.1, -0.05) is 6.07 Å². The number of carbonyl (C=O) groups excluding carboxylic acids is 1. The van der Waals surface area contributed by atoms with Crippen LogP contribution in [0.15, 0.2) is 18.2 Å². The third-order valence-corrected chi connectivity index (χ3v) is 2.79. The maximum atomic E-state index is 11.2. The summed E-state index contributed by atoms with van der Waals surface area (Å²) in [6.45, 7) is 0.0274. The molecule has 1 aliphatic heterocycles. The highest BCUT2D eigenvalue weighted by atomic mass is 16.5. The van der Waals surface area contributed by atoms with Crippen molar-refractivity contribution in [1.29, 1.82) is 0 Å². The van der Waals surface area contributed by atoms with E-state index in [1.54, 1.807) is 6.07 Å². The maximum Gasteiger partial charge on any atom is 0.311 e. The summed E-state index contributed by atoms with van der Waals surface area (Å²) < 4.78 is 10.5. The Hall–Kier alpha value is -1.59. The van der Waals surface area contributed by atoms with E-state index in [9.17, 15) is 4.79 Å². The molecule has 0 saturated carbocycles. The van der Waals surface area contributed by atoms with Gasteiger partial charge >= 0.3 is 5.97 Å². The van der Waals surface area contributed by atoms with Crippen LogP contribution in [0, 0.1) is 0 Å². The molecule has 5 nitrogen and oxygen atoms in total. The predicted octanol–water partition coefficient (Wildman–Crippen LogP) is 0.660. The van der Waals surface area contributed by atoms with Gasteiger partial charge in [0, 0.05) is 12.5 Å². The van der Waals surface area contributed by atoms with E-state index in [2.05, 4.69) is 0 Å². The second-order valence-electron chi connectivity index (χ2n) is 4.22. The molecule has 2 rings (SSSR count). The summed E-state index contributed by atoms with van der Waals surface area (Å²) in [4.78, 5) is 11.2. The van der Waals surface area contributed by atoms with Gasteiger partial charge in [-0.3, -0.25) is 4.79 Å². The first-order valence-corrected chi connectivity index (χ1v) is 5.94. The molecule has 98 valence electrons. The molecule has 1 aliphatic rings. The zero-order chi connectivity index (χ0) is 13.0. The van der Waals surface area contributed by atoms with Gasteiger partial charge in [0.25, 0.3) is 0 Å². The average molecular weight is 252 g/mol. The van der Waals surface area contributed by atoms with Crippen LogP contribution in [0.5, 0.6) is 11.5 Å². The van der Waals surface area contributed by atoms with E-state index >= 15 is 0 Å². The van der Waals surface area contributed by atoms with Crippen LogP contribution >= 0.6 is 0 Å². The van der Waals surface area contributed by atoms with E-state index in [1.807, 2.05) is 12.1 Å². The Morgan fingerprint density at radius 2 is 2.22 bits per heavy atom. The fraction of sp³-hybridized carbons (Fsp3) is 0.462. The summed E-state index contributed by atoms with van der Waals surface area (Å²) >= 11 is 0. The van der Waals surface area contributed by atoms with Gasteiger partial charge in [0.05, 0.1) is 25.7 Å². The van der Waals surface area contributed by atoms with Crippen molar-refractivity contribution in [3.05, 3.63) is 23.8 Å². The molecule has 5 heteroatoms. The number of aliphatic hydroxyl groups is 2. The Balaban J connectivity index is 1.94. The first-order valence-electron chi connectivity index (χ1n) is 5.94. The van der Waals surface area contributed by atoms with E-state index in [4.69, 9.17) is 19.7 Å². The number of esters is 1. The van der Waals surface area contributed by atoms with E-state index < -0.39 is 6.10 Å². The quantitative estimate of drug-likeness (QED) is 0.594. The van der Waals surface area contributed by atoms with Crippen molar-refractivity contribution in [3.8, 4) is 11.5 Å². The number of aliphatic hydroxyl groups excluding tert-OH is 2. The molecule has 0 fully saturated rings. The van der Waals surface area contributed by atoms with Gasteiger partial charge in [0.1, 0.15) is 11.5 Å². The van der Waals surface area contributed by atoms with Crippen LogP contribution in [-0.4, -0.2) is 35.5 Å². The molecular formula is C13H16O5. The van der Waals surface area contributed by atoms with Gasteiger partial charge in [-0.05, 0) is 18.1 Å². The second-order valence-corrected chi connectivity index (χ2v) is 4.22. The standard InChI is InChI=1S/C13H16O5/c14-8-10(15)5-6-17-11-3-1-9-2-4-13(16)18-12(9)7-11/h1,3,7,10,14-15H,2,4-6,8H2. The molecule has 0 saturated heterocycles. The molecule has 1 unspecified atom stereocenters. The van der Waals surface area contributed by atoms with Crippen LogP contribution < -0.4 is 9.47 Å². The van der Waals surface area contributed by atoms with Crippen LogP contribution in [0.2, 0.25) is 0 Å². The first-order chi connectivity index (χ1) is 8.69. The van der Waals surface area contributed by atoms with Crippen molar-refractivity contribution in [1.82, 2.24) is 0 Å². The predicted molar refractivity (Wildman–Crippen MR) is 63.6 cm³/mol. The van der Waals surface area contributed by atoms with Crippen molar-refractivity contribution >= 4 is 5.97 Å². The van der Waals surface area contributed by atoms with Gasteiger partial charge in [0.2, 0.25) is 0 Å². The second kappa shape index (κ2) is 5.84. The lowest BCUT2D eigenvalue weighted by Crippen LogP contribution is -2.17. The minimum atomic E-state index is -0.763. The highest BCUT2D eigenvalue weighted by Crippen LogP contribution is 2.29. The van der Waals surface area contributed by atoms with Crippen molar-refractivity contribution in [2.75, 3.05) is 13.2 Å². The van der Waals surface area contributed by atoms with Gasteiger partial charge in [-0.2, -0.15) is 0 Å². The Labute approximate surface area is 105 Å². The number of rotatable bonds is 5. The Morgan fingerprint density at radius 3 is 3.00 bits per heavy atom. The van der Waals surface area contributed by atoms with Crippen LogP contribution in [0.25, 0.3) is 0 Å². The van der Waals surface area contributed by atoms with Gasteiger partial charge in [0.15, 0.2) is 0 Å². The summed E-state index contributed by atoms with van der Waals surface area (Å²) in [5.74, 6) is 0.912. The van der Waals surface area contributed by atoms with Gasteiger partial charge in [-0.15, -0.1) is 0 Å². The maximum absolute atomic E-state index is 11.2. The molecule has 2 N–H and O–H groups in total. The number of hydrogen-bond donors (Lipinski definition) is 2. The minimum Gasteiger partial charge on any atom is -0.493 e. The molecule has 0 bridgehead atoms. The molecule has 1 aromatic rings. The van der Waals surface area contributed by atoms with Gasteiger partial charge < -0.3 is 19.7 Å². The van der Waals surface area contributed by atoms with Crippen LogP contribution in [0.3, 0.4) is 0 Å². The third-order valence-electron chi connectivity index (χ3n) is 2.79. The Bertz CT molecular complexity index is 429. The largest absolute Gasteiger partial charge is 0.493 e. The molecule has 0 spiro atoms. The molecular weight excluding hydrogens is 236 g/mol. The first kappa shape index (κ1) is 12.9. The van der Waals surface area contributed by atoms with Crippen LogP contribution in [-0.2, 0) is 11.2 Å². The van der Waals surface area contributed by atoms with E-state index in [-0.39, 0.29) is 12.6 Å². The van der Waals surface area contributed by atoms with E-state index in [0.29, 0.717) is 37.4 Å². The zero-order valence-corrected chi connectivity index (χ0v) is 9.96. The monoisotopic (exact) mass is 252 g/mol. The van der Waals surface area contributed by atoms with Gasteiger partial charge in [-0.25, -0.2) is 0 Å². The van der Waals surface area contributed by atoms with Crippen molar-refractivity contribution in [2.45, 2.75) is 25.4 Å². The third kappa shape index (κ3) is 3.21. The number of hydrogen-bond acceptors (Lipinski definition) is 5. The van der Waals surface area contributed by atoms with Crippen LogP contribution in [0.1, 0.15) is 18.4 Å². The van der Waals surface area contributed by atoms with Crippen molar-refractivity contribution < 1.29 is 24.5 Å². The normalized spacial score (nSPS) is 15.8. The smallest absolute Gasteiger partial charge is 0.311 e. The number of fused-ring (bicyclic) bond motifs is 1. The number of aryl methyl sites for hydroxylation is 1. The molecule has 0 aliphatic carbocycles. The topological polar surface area (TPSA) is 76.0 Å². The molecule has 0 amide bonds. The molecule has 0 radical (unpaired) electrons. The number of ether oxygens (including phenoxy) is 2. The highest BCUT2D eigenvalue weighted by Gasteiger charge is 2.17. The molecule has 1 aromatic carbocycles.